The van der Waals surface area contributed by atoms with Crippen LogP contribution in [0.1, 0.15) is 43.2 Å². The van der Waals surface area contributed by atoms with Gasteiger partial charge in [-0.25, -0.2) is 0 Å². The Kier molecular flexibility index (Phi) is 6.88. The van der Waals surface area contributed by atoms with Crippen molar-refractivity contribution in [2.24, 2.45) is 5.92 Å². The van der Waals surface area contributed by atoms with Crippen LogP contribution in [0.15, 0.2) is 151 Å². The predicted octanol–water partition coefficient (Wildman–Crippen LogP) is 11.2. The molecule has 0 saturated carbocycles. The van der Waals surface area contributed by atoms with Crippen molar-refractivity contribution in [2.45, 2.75) is 32.1 Å². The highest BCUT2D eigenvalue weighted by Gasteiger charge is 2.24. The number of rotatable bonds is 5. The molecule has 0 saturated heterocycles. The fraction of sp³-hybridized carbons (Fsp3) is 0.163. The Labute approximate surface area is 260 Å². The summed E-state index contributed by atoms with van der Waals surface area (Å²) in [6, 6.07) is 32.0. The molecule has 1 heteroatoms. The van der Waals surface area contributed by atoms with E-state index in [0.717, 1.165) is 19.4 Å². The van der Waals surface area contributed by atoms with E-state index in [1.807, 2.05) is 6.20 Å². The predicted molar refractivity (Wildman–Crippen MR) is 190 cm³/mol. The van der Waals surface area contributed by atoms with Gasteiger partial charge in [-0.1, -0.05) is 134 Å². The highest BCUT2D eigenvalue weighted by Crippen LogP contribution is 2.46. The summed E-state index contributed by atoms with van der Waals surface area (Å²) in [5.41, 5.74) is 9.54. The maximum Gasteiger partial charge on any atom is 0.0398 e. The molecule has 5 aromatic carbocycles. The molecule has 2 atom stereocenters. The summed E-state index contributed by atoms with van der Waals surface area (Å²) in [6.45, 7) is 3.16. The van der Waals surface area contributed by atoms with Crippen molar-refractivity contribution in [2.75, 3.05) is 6.54 Å². The van der Waals surface area contributed by atoms with Gasteiger partial charge in [0.1, 0.15) is 0 Å². The van der Waals surface area contributed by atoms with Crippen LogP contribution in [0.3, 0.4) is 0 Å². The Hall–Kier alpha value is -4.88. The standard InChI is InChI=1S/C43H37N/c1-2-29-23-25-30(26-24-29)42-38-15-5-7-17-40(38)43(41-18-8-6-16-39(41)42)37-22-10-20-35-34(19-9-21-36(35)37)33-14-4-3-13-32(33)31-12-11-27-44-28-31/h3-13,15-23,25-27,29,33,44H,2,14,24,28H2,1H3. The molecule has 0 spiro atoms. The van der Waals surface area contributed by atoms with Gasteiger partial charge in [0, 0.05) is 12.5 Å². The lowest BCUT2D eigenvalue weighted by atomic mass is 9.78. The number of hydrogen-bond acceptors (Lipinski definition) is 1. The topological polar surface area (TPSA) is 12.0 Å². The van der Waals surface area contributed by atoms with Crippen LogP contribution >= 0.6 is 0 Å². The zero-order valence-corrected chi connectivity index (χ0v) is 25.3. The first-order chi connectivity index (χ1) is 21.8. The summed E-state index contributed by atoms with van der Waals surface area (Å²) in [4.78, 5) is 0. The Morgan fingerprint density at radius 3 is 2.07 bits per heavy atom. The van der Waals surface area contributed by atoms with Crippen molar-refractivity contribution in [1.29, 1.82) is 0 Å². The quantitative estimate of drug-likeness (QED) is 0.208. The summed E-state index contributed by atoms with van der Waals surface area (Å²) in [5.74, 6) is 0.962. The molecule has 0 radical (unpaired) electrons. The van der Waals surface area contributed by atoms with Crippen molar-refractivity contribution >= 4 is 37.9 Å². The fourth-order valence-electron chi connectivity index (χ4n) is 7.65. The summed E-state index contributed by atoms with van der Waals surface area (Å²) in [5, 5.41) is 11.4. The number of dihydropyridines is 1. The first-order valence-electron chi connectivity index (χ1n) is 16.1. The lowest BCUT2D eigenvalue weighted by Gasteiger charge is -2.27. The molecule has 44 heavy (non-hydrogen) atoms. The molecule has 0 amide bonds. The third-order valence-corrected chi connectivity index (χ3v) is 9.87. The number of nitrogens with one attached hydrogen (secondary N) is 1. The van der Waals surface area contributed by atoms with Gasteiger partial charge in [0.05, 0.1) is 0 Å². The smallest absolute Gasteiger partial charge is 0.0398 e. The average molecular weight is 568 g/mol. The molecule has 0 bridgehead atoms. The molecule has 0 fully saturated rings. The van der Waals surface area contributed by atoms with E-state index in [0.29, 0.717) is 11.8 Å². The second-order valence-electron chi connectivity index (χ2n) is 12.3. The zero-order valence-electron chi connectivity index (χ0n) is 25.3. The van der Waals surface area contributed by atoms with Crippen LogP contribution in [0, 0.1) is 5.92 Å². The van der Waals surface area contributed by atoms with Crippen LogP contribution in [0.2, 0.25) is 0 Å². The molecule has 8 rings (SSSR count). The van der Waals surface area contributed by atoms with Crippen LogP contribution in [-0.4, -0.2) is 6.54 Å². The van der Waals surface area contributed by atoms with E-state index in [2.05, 4.69) is 146 Å². The molecule has 1 nitrogen and oxygen atoms in total. The summed E-state index contributed by atoms with van der Waals surface area (Å²) in [6.07, 6.45) is 23.8. The van der Waals surface area contributed by atoms with Gasteiger partial charge in [0.2, 0.25) is 0 Å². The van der Waals surface area contributed by atoms with E-state index in [-0.39, 0.29) is 0 Å². The van der Waals surface area contributed by atoms with E-state index in [4.69, 9.17) is 0 Å². The fourth-order valence-corrected chi connectivity index (χ4v) is 7.65. The molecule has 214 valence electrons. The normalized spacial score (nSPS) is 19.6. The SMILES string of the molecule is CCC1C=CC(c2c3ccccc3c(-c3cccc4c(C5CC=CC=C5C5=CC=CNC5)cccc34)c3ccccc23)=CC1. The van der Waals surface area contributed by atoms with Gasteiger partial charge >= 0.3 is 0 Å². The lowest BCUT2D eigenvalue weighted by molar-refractivity contribution is 0.634. The number of fused-ring (bicyclic) bond motifs is 3. The average Bonchev–Trinajstić information content (AvgIpc) is 3.10. The van der Waals surface area contributed by atoms with E-state index in [1.165, 1.54) is 77.7 Å². The first kappa shape index (κ1) is 26.7. The zero-order chi connectivity index (χ0) is 29.5. The molecular formula is C43H37N. The van der Waals surface area contributed by atoms with Gasteiger partial charge < -0.3 is 5.32 Å². The van der Waals surface area contributed by atoms with Crippen LogP contribution in [-0.2, 0) is 0 Å². The van der Waals surface area contributed by atoms with Crippen molar-refractivity contribution < 1.29 is 0 Å². The molecule has 0 aromatic heterocycles. The van der Waals surface area contributed by atoms with Gasteiger partial charge in [-0.2, -0.15) is 0 Å². The largest absolute Gasteiger partial charge is 0.387 e. The highest BCUT2D eigenvalue weighted by molar-refractivity contribution is 6.22. The molecule has 3 aliphatic rings. The minimum atomic E-state index is 0.325. The molecule has 1 N–H and O–H groups in total. The maximum absolute atomic E-state index is 3.42. The molecular weight excluding hydrogens is 530 g/mol. The molecule has 5 aromatic rings. The van der Waals surface area contributed by atoms with Crippen LogP contribution in [0.5, 0.6) is 0 Å². The van der Waals surface area contributed by atoms with Crippen molar-refractivity contribution in [1.82, 2.24) is 5.32 Å². The Balaban J connectivity index is 1.36. The molecule has 2 aliphatic carbocycles. The number of hydrogen-bond donors (Lipinski definition) is 1. The second kappa shape index (κ2) is 11.3. The third kappa shape index (κ3) is 4.47. The Morgan fingerprint density at radius 1 is 0.682 bits per heavy atom. The summed E-state index contributed by atoms with van der Waals surface area (Å²) < 4.78 is 0. The monoisotopic (exact) mass is 567 g/mol. The Bertz CT molecular complexity index is 2060. The number of allylic oxidation sites excluding steroid dienone is 9. The third-order valence-electron chi connectivity index (χ3n) is 9.87. The molecule has 2 unspecified atom stereocenters. The van der Waals surface area contributed by atoms with Crippen molar-refractivity contribution in [3.63, 3.8) is 0 Å². The van der Waals surface area contributed by atoms with Gasteiger partial charge in [-0.05, 0) is 109 Å². The van der Waals surface area contributed by atoms with Crippen LogP contribution < -0.4 is 5.32 Å². The summed E-state index contributed by atoms with van der Waals surface area (Å²) >= 11 is 0. The van der Waals surface area contributed by atoms with Crippen molar-refractivity contribution in [3.05, 3.63) is 162 Å². The number of benzene rings is 5. The van der Waals surface area contributed by atoms with E-state index in [1.54, 1.807) is 0 Å². The Morgan fingerprint density at radius 2 is 1.39 bits per heavy atom. The van der Waals surface area contributed by atoms with E-state index in [9.17, 15) is 0 Å². The summed E-state index contributed by atoms with van der Waals surface area (Å²) in [7, 11) is 0. The van der Waals surface area contributed by atoms with E-state index < -0.39 is 0 Å². The highest BCUT2D eigenvalue weighted by atomic mass is 14.8. The van der Waals surface area contributed by atoms with Gasteiger partial charge in [-0.15, -0.1) is 0 Å². The van der Waals surface area contributed by atoms with Crippen molar-refractivity contribution in [3.8, 4) is 11.1 Å². The van der Waals surface area contributed by atoms with Gasteiger partial charge in [0.15, 0.2) is 0 Å². The van der Waals surface area contributed by atoms with Gasteiger partial charge in [0.25, 0.3) is 0 Å². The lowest BCUT2D eigenvalue weighted by Crippen LogP contribution is -2.18. The van der Waals surface area contributed by atoms with Crippen LogP contribution in [0.4, 0.5) is 0 Å². The molecule has 1 aliphatic heterocycles. The van der Waals surface area contributed by atoms with Crippen LogP contribution in [0.25, 0.3) is 49.0 Å². The maximum atomic E-state index is 3.42. The van der Waals surface area contributed by atoms with E-state index >= 15 is 0 Å². The minimum absolute atomic E-state index is 0.325. The first-order valence-corrected chi connectivity index (χ1v) is 16.1. The molecule has 1 heterocycles. The second-order valence-corrected chi connectivity index (χ2v) is 12.3. The minimum Gasteiger partial charge on any atom is -0.387 e. The van der Waals surface area contributed by atoms with Gasteiger partial charge in [-0.3, -0.25) is 0 Å².